The number of aromatic nitrogens is 1. The zero-order valence-electron chi connectivity index (χ0n) is 14.7. The molecule has 1 saturated heterocycles. The highest BCUT2D eigenvalue weighted by Gasteiger charge is 2.17. The van der Waals surface area contributed by atoms with Crippen LogP contribution in [0.5, 0.6) is 0 Å². The van der Waals surface area contributed by atoms with Crippen LogP contribution in [0, 0.1) is 5.92 Å². The smallest absolute Gasteiger partial charge is 0.226 e. The number of ether oxygens (including phenoxy) is 2. The summed E-state index contributed by atoms with van der Waals surface area (Å²) in [5.74, 6) is 0.984. The molecular formula is C20H24N2O4. The number of hydrogen-bond acceptors (Lipinski definition) is 5. The molecule has 1 aromatic carbocycles. The summed E-state index contributed by atoms with van der Waals surface area (Å²) >= 11 is 0. The van der Waals surface area contributed by atoms with E-state index in [2.05, 4.69) is 10.5 Å². The number of amides is 1. The van der Waals surface area contributed by atoms with Crippen LogP contribution in [0.1, 0.15) is 23.4 Å². The first-order valence-electron chi connectivity index (χ1n) is 8.88. The summed E-state index contributed by atoms with van der Waals surface area (Å²) in [6, 6.07) is 11.8. The maximum Gasteiger partial charge on any atom is 0.226 e. The lowest BCUT2D eigenvalue weighted by atomic mass is 10.1. The van der Waals surface area contributed by atoms with Crippen LogP contribution >= 0.6 is 0 Å². The van der Waals surface area contributed by atoms with Gasteiger partial charge in [0.1, 0.15) is 6.61 Å². The SMILES string of the molecule is O=C(Cc1cc(COC/C=C/c2ccccc2)on1)NCC1CCOC1. The second kappa shape index (κ2) is 9.89. The summed E-state index contributed by atoms with van der Waals surface area (Å²) in [6.07, 6.45) is 5.17. The number of nitrogens with one attached hydrogen (secondary N) is 1. The maximum atomic E-state index is 11.9. The van der Waals surface area contributed by atoms with Gasteiger partial charge in [-0.2, -0.15) is 0 Å². The molecule has 26 heavy (non-hydrogen) atoms. The van der Waals surface area contributed by atoms with Crippen LogP contribution in [0.2, 0.25) is 0 Å². The Morgan fingerprint density at radius 1 is 1.35 bits per heavy atom. The van der Waals surface area contributed by atoms with Gasteiger partial charge in [-0.15, -0.1) is 0 Å². The third-order valence-electron chi connectivity index (χ3n) is 4.13. The molecule has 1 aromatic heterocycles. The molecule has 0 saturated carbocycles. The molecule has 6 heteroatoms. The minimum atomic E-state index is -0.0523. The topological polar surface area (TPSA) is 73.6 Å². The van der Waals surface area contributed by atoms with Gasteiger partial charge in [-0.3, -0.25) is 4.79 Å². The van der Waals surface area contributed by atoms with Gasteiger partial charge in [0.25, 0.3) is 0 Å². The van der Waals surface area contributed by atoms with Crippen molar-refractivity contribution in [3.05, 3.63) is 59.5 Å². The molecule has 1 fully saturated rings. The Morgan fingerprint density at radius 2 is 2.23 bits per heavy atom. The van der Waals surface area contributed by atoms with Crippen LogP contribution in [0.3, 0.4) is 0 Å². The zero-order valence-corrected chi connectivity index (χ0v) is 14.7. The molecule has 2 aromatic rings. The van der Waals surface area contributed by atoms with Crippen molar-refractivity contribution in [1.29, 1.82) is 0 Å². The predicted molar refractivity (Wildman–Crippen MR) is 97.3 cm³/mol. The Labute approximate surface area is 153 Å². The first-order chi connectivity index (χ1) is 12.8. The largest absolute Gasteiger partial charge is 0.381 e. The lowest BCUT2D eigenvalue weighted by molar-refractivity contribution is -0.120. The Kier molecular flexibility index (Phi) is 6.98. The molecule has 2 heterocycles. The molecule has 1 aliphatic rings. The molecule has 1 aliphatic heterocycles. The number of rotatable bonds is 9. The highest BCUT2D eigenvalue weighted by atomic mass is 16.5. The predicted octanol–water partition coefficient (Wildman–Crippen LogP) is 2.60. The quantitative estimate of drug-likeness (QED) is 0.699. The van der Waals surface area contributed by atoms with Crippen LogP contribution in [-0.2, 0) is 27.3 Å². The monoisotopic (exact) mass is 356 g/mol. The molecule has 1 N–H and O–H groups in total. The third kappa shape index (κ3) is 6.13. The van der Waals surface area contributed by atoms with Gasteiger partial charge in [0.15, 0.2) is 5.76 Å². The summed E-state index contributed by atoms with van der Waals surface area (Å²) in [4.78, 5) is 11.9. The number of nitrogens with zero attached hydrogens (tertiary/aromatic N) is 1. The van der Waals surface area contributed by atoms with E-state index < -0.39 is 0 Å². The van der Waals surface area contributed by atoms with E-state index in [1.54, 1.807) is 6.07 Å². The van der Waals surface area contributed by atoms with E-state index >= 15 is 0 Å². The second-order valence-corrected chi connectivity index (χ2v) is 6.32. The van der Waals surface area contributed by atoms with Crippen LogP contribution in [-0.4, -0.2) is 37.4 Å². The first-order valence-corrected chi connectivity index (χ1v) is 8.88. The van der Waals surface area contributed by atoms with Crippen molar-refractivity contribution in [3.63, 3.8) is 0 Å². The maximum absolute atomic E-state index is 11.9. The van der Waals surface area contributed by atoms with Gasteiger partial charge in [0.2, 0.25) is 5.91 Å². The van der Waals surface area contributed by atoms with E-state index in [9.17, 15) is 4.79 Å². The van der Waals surface area contributed by atoms with Gasteiger partial charge in [-0.1, -0.05) is 47.6 Å². The van der Waals surface area contributed by atoms with Crippen molar-refractivity contribution in [3.8, 4) is 0 Å². The molecule has 138 valence electrons. The summed E-state index contributed by atoms with van der Waals surface area (Å²) in [6.45, 7) is 2.97. The van der Waals surface area contributed by atoms with E-state index in [1.165, 1.54) is 0 Å². The summed E-state index contributed by atoms with van der Waals surface area (Å²) in [5, 5.41) is 6.84. The molecule has 1 atom stereocenters. The van der Waals surface area contributed by atoms with Crippen molar-refractivity contribution in [2.75, 3.05) is 26.4 Å². The molecule has 3 rings (SSSR count). The number of benzene rings is 1. The van der Waals surface area contributed by atoms with Crippen LogP contribution in [0.25, 0.3) is 6.08 Å². The zero-order chi connectivity index (χ0) is 18.0. The van der Waals surface area contributed by atoms with Crippen molar-refractivity contribution in [1.82, 2.24) is 10.5 Å². The van der Waals surface area contributed by atoms with E-state index in [-0.39, 0.29) is 12.3 Å². The van der Waals surface area contributed by atoms with Crippen LogP contribution in [0.15, 0.2) is 47.0 Å². The Bertz CT molecular complexity index is 706. The van der Waals surface area contributed by atoms with Gasteiger partial charge < -0.3 is 19.3 Å². The molecule has 0 radical (unpaired) electrons. The molecule has 0 spiro atoms. The Balaban J connectivity index is 1.33. The summed E-state index contributed by atoms with van der Waals surface area (Å²) in [5.41, 5.74) is 1.75. The lowest BCUT2D eigenvalue weighted by Gasteiger charge is -2.08. The molecule has 0 bridgehead atoms. The van der Waals surface area contributed by atoms with Crippen molar-refractivity contribution >= 4 is 12.0 Å². The average Bonchev–Trinajstić information content (AvgIpc) is 3.33. The minimum absolute atomic E-state index is 0.0523. The van der Waals surface area contributed by atoms with Gasteiger partial charge in [0, 0.05) is 25.1 Å². The van der Waals surface area contributed by atoms with Gasteiger partial charge in [-0.05, 0) is 12.0 Å². The number of carbonyl (C=O) groups excluding carboxylic acids is 1. The second-order valence-electron chi connectivity index (χ2n) is 6.32. The lowest BCUT2D eigenvalue weighted by Crippen LogP contribution is -2.30. The van der Waals surface area contributed by atoms with Gasteiger partial charge >= 0.3 is 0 Å². The fraction of sp³-hybridized carbons (Fsp3) is 0.400. The van der Waals surface area contributed by atoms with E-state index in [1.807, 2.05) is 42.5 Å². The molecule has 1 amide bonds. The van der Waals surface area contributed by atoms with E-state index in [0.29, 0.717) is 37.1 Å². The molecule has 6 nitrogen and oxygen atoms in total. The minimum Gasteiger partial charge on any atom is -0.381 e. The summed E-state index contributed by atoms with van der Waals surface area (Å²) in [7, 11) is 0. The van der Waals surface area contributed by atoms with E-state index in [4.69, 9.17) is 14.0 Å². The van der Waals surface area contributed by atoms with Crippen molar-refractivity contribution in [2.45, 2.75) is 19.4 Å². The standard InChI is InChI=1S/C20H24N2O4/c23-20(21-13-17-8-10-25-14-17)12-18-11-19(26-22-18)15-24-9-4-7-16-5-2-1-3-6-16/h1-7,11,17H,8-10,12-15H2,(H,21,23)/b7-4+. The Morgan fingerprint density at radius 3 is 3.04 bits per heavy atom. The molecular weight excluding hydrogens is 332 g/mol. The summed E-state index contributed by atoms with van der Waals surface area (Å²) < 4.78 is 16.0. The van der Waals surface area contributed by atoms with Crippen LogP contribution in [0.4, 0.5) is 0 Å². The van der Waals surface area contributed by atoms with Crippen molar-refractivity contribution in [2.24, 2.45) is 5.92 Å². The fourth-order valence-corrected chi connectivity index (χ4v) is 2.71. The van der Waals surface area contributed by atoms with Crippen molar-refractivity contribution < 1.29 is 18.8 Å². The third-order valence-corrected chi connectivity index (χ3v) is 4.13. The number of hydrogen-bond donors (Lipinski definition) is 1. The Hall–Kier alpha value is -2.44. The normalized spacial score (nSPS) is 17.0. The van der Waals surface area contributed by atoms with Crippen LogP contribution < -0.4 is 5.32 Å². The average molecular weight is 356 g/mol. The highest BCUT2D eigenvalue weighted by Crippen LogP contribution is 2.11. The van der Waals surface area contributed by atoms with Gasteiger partial charge in [0.05, 0.1) is 25.3 Å². The first kappa shape index (κ1) is 18.4. The van der Waals surface area contributed by atoms with Gasteiger partial charge in [-0.25, -0.2) is 0 Å². The molecule has 1 unspecified atom stereocenters. The highest BCUT2D eigenvalue weighted by molar-refractivity contribution is 5.78. The molecule has 0 aliphatic carbocycles. The van der Waals surface area contributed by atoms with E-state index in [0.717, 1.165) is 25.2 Å². The number of carbonyl (C=O) groups is 1. The fourth-order valence-electron chi connectivity index (χ4n) is 2.71.